The summed E-state index contributed by atoms with van der Waals surface area (Å²) in [5.41, 5.74) is -0.366. The van der Waals surface area contributed by atoms with E-state index in [1.165, 1.54) is 24.3 Å². The first-order chi connectivity index (χ1) is 10.3. The highest BCUT2D eigenvalue weighted by molar-refractivity contribution is 6.30. The van der Waals surface area contributed by atoms with Crippen LogP contribution in [0.1, 0.15) is 27.9 Å². The van der Waals surface area contributed by atoms with Gasteiger partial charge in [0.2, 0.25) is 0 Å². The number of carbonyl (C=O) groups excluding carboxylic acids is 1. The Kier molecular flexibility index (Phi) is 4.86. The van der Waals surface area contributed by atoms with Gasteiger partial charge >= 0.3 is 6.18 Å². The van der Waals surface area contributed by atoms with E-state index in [4.69, 9.17) is 11.6 Å². The molecule has 0 aliphatic rings. The van der Waals surface area contributed by atoms with Crippen molar-refractivity contribution in [3.63, 3.8) is 0 Å². The van der Waals surface area contributed by atoms with Gasteiger partial charge in [0.15, 0.2) is 5.78 Å². The molecule has 0 saturated heterocycles. The first-order valence-corrected chi connectivity index (χ1v) is 6.79. The topological polar surface area (TPSA) is 17.1 Å². The van der Waals surface area contributed by atoms with Gasteiger partial charge < -0.3 is 0 Å². The molecule has 0 N–H and O–H groups in total. The van der Waals surface area contributed by atoms with Crippen molar-refractivity contribution in [2.45, 2.75) is 19.0 Å². The number of rotatable bonds is 4. The van der Waals surface area contributed by atoms with Gasteiger partial charge in [0.1, 0.15) is 5.82 Å². The molecule has 0 unspecified atom stereocenters. The second-order valence-electron chi connectivity index (χ2n) is 4.78. The number of halogens is 5. The number of hydrogen-bond donors (Lipinski definition) is 0. The van der Waals surface area contributed by atoms with Gasteiger partial charge in [-0.2, -0.15) is 13.2 Å². The second kappa shape index (κ2) is 6.48. The van der Waals surface area contributed by atoms with Crippen LogP contribution in [-0.2, 0) is 12.6 Å². The number of ketones is 1. The summed E-state index contributed by atoms with van der Waals surface area (Å²) < 4.78 is 51.0. The maximum absolute atomic E-state index is 13.2. The Balaban J connectivity index is 2.09. The molecule has 2 aromatic rings. The number of carbonyl (C=O) groups is 1. The number of aryl methyl sites for hydroxylation is 1. The third-order valence-corrected chi connectivity index (χ3v) is 3.29. The maximum atomic E-state index is 13.2. The molecule has 1 nitrogen and oxygen atoms in total. The van der Waals surface area contributed by atoms with Gasteiger partial charge in [0, 0.05) is 17.0 Å². The Bertz CT molecular complexity index is 675. The Hall–Kier alpha value is -1.88. The van der Waals surface area contributed by atoms with Gasteiger partial charge in [0.05, 0.1) is 5.56 Å². The third kappa shape index (κ3) is 4.31. The molecule has 0 aliphatic carbocycles. The highest BCUT2D eigenvalue weighted by Crippen LogP contribution is 2.29. The Morgan fingerprint density at radius 1 is 1.09 bits per heavy atom. The first kappa shape index (κ1) is 16.5. The van der Waals surface area contributed by atoms with Crippen LogP contribution in [0.2, 0.25) is 5.02 Å². The summed E-state index contributed by atoms with van der Waals surface area (Å²) in [5, 5.41) is 0.210. The first-order valence-electron chi connectivity index (χ1n) is 6.41. The summed E-state index contributed by atoms with van der Waals surface area (Å²) in [6.45, 7) is 0. The molecule has 0 heterocycles. The van der Waals surface area contributed by atoms with Crippen molar-refractivity contribution in [2.75, 3.05) is 0 Å². The predicted molar refractivity (Wildman–Crippen MR) is 75.5 cm³/mol. The van der Waals surface area contributed by atoms with Gasteiger partial charge in [-0.1, -0.05) is 23.7 Å². The van der Waals surface area contributed by atoms with Crippen LogP contribution in [0.25, 0.3) is 0 Å². The van der Waals surface area contributed by atoms with E-state index in [0.29, 0.717) is 5.56 Å². The standard InChI is InChI=1S/C16H11ClF4O/c17-13-6-10(7-14(18)9-13)4-5-15(22)11-2-1-3-12(8-11)16(19,20)21/h1-3,6-9H,4-5H2. The molecular formula is C16H11ClF4O. The summed E-state index contributed by atoms with van der Waals surface area (Å²) in [4.78, 5) is 12.0. The highest BCUT2D eigenvalue weighted by Gasteiger charge is 2.30. The number of Topliss-reactive ketones (excluding diaryl/α,β-unsaturated/α-hetero) is 1. The summed E-state index contributed by atoms with van der Waals surface area (Å²) >= 11 is 5.70. The molecule has 0 atom stereocenters. The highest BCUT2D eigenvalue weighted by atomic mass is 35.5. The monoisotopic (exact) mass is 330 g/mol. The molecule has 2 rings (SSSR count). The molecule has 0 aliphatic heterocycles. The largest absolute Gasteiger partial charge is 0.416 e. The summed E-state index contributed by atoms with van der Waals surface area (Å²) in [5.74, 6) is -0.958. The average Bonchev–Trinajstić information content (AvgIpc) is 2.43. The molecule has 22 heavy (non-hydrogen) atoms. The number of benzene rings is 2. The summed E-state index contributed by atoms with van der Waals surface area (Å²) in [6, 6.07) is 8.14. The van der Waals surface area contributed by atoms with Gasteiger partial charge in [-0.3, -0.25) is 4.79 Å². The van der Waals surface area contributed by atoms with Gasteiger partial charge in [-0.05, 0) is 42.3 Å². The van der Waals surface area contributed by atoms with Gasteiger partial charge in [-0.15, -0.1) is 0 Å². The quantitative estimate of drug-likeness (QED) is 0.548. The molecule has 0 spiro atoms. The Labute approximate surface area is 129 Å². The smallest absolute Gasteiger partial charge is 0.294 e. The van der Waals surface area contributed by atoms with Gasteiger partial charge in [-0.25, -0.2) is 4.39 Å². The van der Waals surface area contributed by atoms with E-state index in [1.54, 1.807) is 0 Å². The van der Waals surface area contributed by atoms with E-state index >= 15 is 0 Å². The van der Waals surface area contributed by atoms with Crippen LogP contribution in [0.15, 0.2) is 42.5 Å². The van der Waals surface area contributed by atoms with E-state index in [0.717, 1.165) is 18.2 Å². The third-order valence-electron chi connectivity index (χ3n) is 3.07. The van der Waals surface area contributed by atoms with Crippen molar-refractivity contribution in [3.05, 3.63) is 70.0 Å². The van der Waals surface area contributed by atoms with E-state index in [2.05, 4.69) is 0 Å². The Morgan fingerprint density at radius 3 is 2.45 bits per heavy atom. The minimum Gasteiger partial charge on any atom is -0.294 e. The van der Waals surface area contributed by atoms with Crippen molar-refractivity contribution in [1.29, 1.82) is 0 Å². The van der Waals surface area contributed by atoms with E-state index in [9.17, 15) is 22.4 Å². The lowest BCUT2D eigenvalue weighted by Gasteiger charge is -2.08. The summed E-state index contributed by atoms with van der Waals surface area (Å²) in [6.07, 6.45) is -4.32. The van der Waals surface area contributed by atoms with Crippen LogP contribution < -0.4 is 0 Å². The van der Waals surface area contributed by atoms with Crippen LogP contribution in [0.5, 0.6) is 0 Å². The lowest BCUT2D eigenvalue weighted by atomic mass is 10.0. The van der Waals surface area contributed by atoms with Crippen molar-refractivity contribution in [3.8, 4) is 0 Å². The molecule has 0 fully saturated rings. The zero-order chi connectivity index (χ0) is 16.3. The minimum atomic E-state index is -4.49. The molecule has 116 valence electrons. The average molecular weight is 331 g/mol. The van der Waals surface area contributed by atoms with Crippen molar-refractivity contribution >= 4 is 17.4 Å². The predicted octanol–water partition coefficient (Wildman–Crippen LogP) is 5.31. The van der Waals surface area contributed by atoms with E-state index < -0.39 is 23.3 Å². The fraction of sp³-hybridized carbons (Fsp3) is 0.188. The minimum absolute atomic E-state index is 0.0164. The van der Waals surface area contributed by atoms with E-state index in [1.807, 2.05) is 0 Å². The van der Waals surface area contributed by atoms with Crippen LogP contribution in [0.4, 0.5) is 17.6 Å². The normalized spacial score (nSPS) is 11.5. The fourth-order valence-electron chi connectivity index (χ4n) is 2.03. The zero-order valence-corrected chi connectivity index (χ0v) is 12.0. The van der Waals surface area contributed by atoms with Crippen molar-refractivity contribution < 1.29 is 22.4 Å². The lowest BCUT2D eigenvalue weighted by molar-refractivity contribution is -0.137. The molecule has 2 aromatic carbocycles. The lowest BCUT2D eigenvalue weighted by Crippen LogP contribution is -2.08. The maximum Gasteiger partial charge on any atom is 0.416 e. The zero-order valence-electron chi connectivity index (χ0n) is 11.3. The van der Waals surface area contributed by atoms with Crippen molar-refractivity contribution in [1.82, 2.24) is 0 Å². The van der Waals surface area contributed by atoms with E-state index in [-0.39, 0.29) is 23.4 Å². The molecular weight excluding hydrogens is 320 g/mol. The Morgan fingerprint density at radius 2 is 1.82 bits per heavy atom. The summed E-state index contributed by atoms with van der Waals surface area (Å²) in [7, 11) is 0. The number of alkyl halides is 3. The molecule has 0 radical (unpaired) electrons. The second-order valence-corrected chi connectivity index (χ2v) is 5.22. The van der Waals surface area contributed by atoms with Crippen LogP contribution in [-0.4, -0.2) is 5.78 Å². The number of hydrogen-bond acceptors (Lipinski definition) is 1. The van der Waals surface area contributed by atoms with Crippen LogP contribution in [0, 0.1) is 5.82 Å². The molecule has 0 bridgehead atoms. The molecule has 0 saturated carbocycles. The van der Waals surface area contributed by atoms with Crippen LogP contribution >= 0.6 is 11.6 Å². The van der Waals surface area contributed by atoms with Gasteiger partial charge in [0.25, 0.3) is 0 Å². The molecule has 6 heteroatoms. The van der Waals surface area contributed by atoms with Crippen LogP contribution in [0.3, 0.4) is 0 Å². The molecule has 0 aromatic heterocycles. The molecule has 0 amide bonds. The van der Waals surface area contributed by atoms with Crippen molar-refractivity contribution in [2.24, 2.45) is 0 Å². The fourth-order valence-corrected chi connectivity index (χ4v) is 2.27. The SMILES string of the molecule is O=C(CCc1cc(F)cc(Cl)c1)c1cccc(C(F)(F)F)c1.